The predicted octanol–water partition coefficient (Wildman–Crippen LogP) is 5.86. The van der Waals surface area contributed by atoms with Gasteiger partial charge in [0.05, 0.1) is 0 Å². The molecule has 0 amide bonds. The molecule has 2 heterocycles. The zero-order valence-corrected chi connectivity index (χ0v) is 16.3. The van der Waals surface area contributed by atoms with Crippen LogP contribution in [0.4, 0.5) is 0 Å². The van der Waals surface area contributed by atoms with Crippen LogP contribution in [0.3, 0.4) is 0 Å². The van der Waals surface area contributed by atoms with Crippen molar-refractivity contribution in [2.75, 3.05) is 0 Å². The zero-order chi connectivity index (χ0) is 20.1. The van der Waals surface area contributed by atoms with E-state index in [1.165, 1.54) is 6.07 Å². The number of phenols is 2. The van der Waals surface area contributed by atoms with Crippen molar-refractivity contribution < 1.29 is 10.2 Å². The molecule has 0 saturated heterocycles. The largest absolute Gasteiger partial charge is 0.508 e. The molecule has 4 N–H and O–H groups in total. The highest BCUT2D eigenvalue weighted by molar-refractivity contribution is 5.91. The second-order valence-electron chi connectivity index (χ2n) is 7.59. The van der Waals surface area contributed by atoms with Gasteiger partial charge >= 0.3 is 0 Å². The molecule has 0 aliphatic carbocycles. The van der Waals surface area contributed by atoms with Gasteiger partial charge in [0.2, 0.25) is 0 Å². The van der Waals surface area contributed by atoms with Gasteiger partial charge in [0, 0.05) is 50.7 Å². The van der Waals surface area contributed by atoms with Crippen molar-refractivity contribution in [3.05, 3.63) is 94.8 Å². The number of nitrogens with one attached hydrogen (secondary N) is 2. The monoisotopic (exact) mass is 382 g/mol. The lowest BCUT2D eigenvalue weighted by Gasteiger charge is -2.21. The zero-order valence-electron chi connectivity index (χ0n) is 16.3. The highest BCUT2D eigenvalue weighted by Gasteiger charge is 2.29. The van der Waals surface area contributed by atoms with Crippen molar-refractivity contribution in [2.45, 2.75) is 19.8 Å². The molecule has 5 aromatic rings. The molecule has 0 spiro atoms. The van der Waals surface area contributed by atoms with Gasteiger partial charge in [-0.1, -0.05) is 42.5 Å². The van der Waals surface area contributed by atoms with E-state index in [1.807, 2.05) is 30.3 Å². The maximum absolute atomic E-state index is 10.8. The van der Waals surface area contributed by atoms with Crippen molar-refractivity contribution >= 4 is 21.8 Å². The molecule has 2 aromatic heterocycles. The Labute approximate surface area is 168 Å². The van der Waals surface area contributed by atoms with E-state index in [-0.39, 0.29) is 17.4 Å². The van der Waals surface area contributed by atoms with E-state index in [4.69, 9.17) is 0 Å². The summed E-state index contributed by atoms with van der Waals surface area (Å²) in [4.78, 5) is 6.99. The molecular formula is C25H22N2O2. The molecule has 0 unspecified atom stereocenters. The molecule has 144 valence electrons. The standard InChI is InChI=1S/C25H22N2O2/c1-14-23(17-7-3-5-9-20(17)26-14)25(19-12-11-16(28)13-22(19)29)24-15(2)27-21-10-6-4-8-18(21)24/h3-13,25-29H,1-2H3. The van der Waals surface area contributed by atoms with Gasteiger partial charge < -0.3 is 20.2 Å². The van der Waals surface area contributed by atoms with Crippen LogP contribution in [0.1, 0.15) is 34.0 Å². The number of para-hydroxylation sites is 2. The van der Waals surface area contributed by atoms with E-state index < -0.39 is 0 Å². The quantitative estimate of drug-likeness (QED) is 0.316. The van der Waals surface area contributed by atoms with Crippen LogP contribution in [-0.4, -0.2) is 20.2 Å². The molecular weight excluding hydrogens is 360 g/mol. The molecule has 4 nitrogen and oxygen atoms in total. The average Bonchev–Trinajstić information content (AvgIpc) is 3.20. The van der Waals surface area contributed by atoms with Crippen molar-refractivity contribution in [3.63, 3.8) is 0 Å². The molecule has 0 bridgehead atoms. The third kappa shape index (κ3) is 2.68. The fraction of sp³-hybridized carbons (Fsp3) is 0.120. The molecule has 3 aromatic carbocycles. The van der Waals surface area contributed by atoms with Crippen molar-refractivity contribution in [1.29, 1.82) is 0 Å². The number of aromatic amines is 2. The Morgan fingerprint density at radius 2 is 1.21 bits per heavy atom. The summed E-state index contributed by atoms with van der Waals surface area (Å²) in [5.74, 6) is -0.0523. The first-order valence-corrected chi connectivity index (χ1v) is 9.71. The number of hydrogen-bond donors (Lipinski definition) is 4. The van der Waals surface area contributed by atoms with Gasteiger partial charge in [-0.15, -0.1) is 0 Å². The van der Waals surface area contributed by atoms with E-state index in [0.717, 1.165) is 49.9 Å². The van der Waals surface area contributed by atoms with Crippen LogP contribution < -0.4 is 0 Å². The molecule has 29 heavy (non-hydrogen) atoms. The maximum Gasteiger partial charge on any atom is 0.123 e. The molecule has 0 aliphatic heterocycles. The number of fused-ring (bicyclic) bond motifs is 2. The number of aromatic hydroxyl groups is 2. The molecule has 0 aliphatic rings. The van der Waals surface area contributed by atoms with Gasteiger partial charge in [-0.3, -0.25) is 0 Å². The Hall–Kier alpha value is -3.66. The second-order valence-corrected chi connectivity index (χ2v) is 7.59. The highest BCUT2D eigenvalue weighted by atomic mass is 16.3. The van der Waals surface area contributed by atoms with Crippen LogP contribution >= 0.6 is 0 Å². The van der Waals surface area contributed by atoms with Crippen LogP contribution in [-0.2, 0) is 0 Å². The third-order valence-corrected chi connectivity index (χ3v) is 5.79. The van der Waals surface area contributed by atoms with E-state index >= 15 is 0 Å². The van der Waals surface area contributed by atoms with Gasteiger partial charge in [0.1, 0.15) is 11.5 Å². The first kappa shape index (κ1) is 17.4. The maximum atomic E-state index is 10.8. The summed E-state index contributed by atoms with van der Waals surface area (Å²) in [7, 11) is 0. The number of aromatic nitrogens is 2. The minimum Gasteiger partial charge on any atom is -0.508 e. The number of hydrogen-bond acceptors (Lipinski definition) is 2. The van der Waals surface area contributed by atoms with Crippen LogP contribution in [0.5, 0.6) is 11.5 Å². The Bertz CT molecular complexity index is 1280. The first-order valence-electron chi connectivity index (χ1n) is 9.71. The highest BCUT2D eigenvalue weighted by Crippen LogP contribution is 2.45. The summed E-state index contributed by atoms with van der Waals surface area (Å²) in [5, 5.41) is 22.9. The van der Waals surface area contributed by atoms with Crippen LogP contribution in [0.2, 0.25) is 0 Å². The Kier molecular flexibility index (Phi) is 3.88. The second kappa shape index (κ2) is 6.45. The molecule has 5 rings (SSSR count). The lowest BCUT2D eigenvalue weighted by atomic mass is 9.81. The number of aryl methyl sites for hydroxylation is 2. The summed E-state index contributed by atoms with van der Waals surface area (Å²) in [6.07, 6.45) is 0. The van der Waals surface area contributed by atoms with Gasteiger partial charge in [0.25, 0.3) is 0 Å². The van der Waals surface area contributed by atoms with Crippen LogP contribution in [0.15, 0.2) is 66.7 Å². The molecule has 0 atom stereocenters. The fourth-order valence-electron chi connectivity index (χ4n) is 4.57. The van der Waals surface area contributed by atoms with Crippen molar-refractivity contribution in [3.8, 4) is 11.5 Å². The van der Waals surface area contributed by atoms with E-state index in [2.05, 4.69) is 48.1 Å². The molecule has 0 radical (unpaired) electrons. The lowest BCUT2D eigenvalue weighted by molar-refractivity contribution is 0.445. The smallest absolute Gasteiger partial charge is 0.123 e. The minimum absolute atomic E-state index is 0.0521. The molecule has 0 fully saturated rings. The SMILES string of the molecule is Cc1[nH]c2ccccc2c1C(c1ccc(O)cc1O)c1c(C)[nH]c2ccccc12. The van der Waals surface area contributed by atoms with Crippen molar-refractivity contribution in [2.24, 2.45) is 0 Å². The summed E-state index contributed by atoms with van der Waals surface area (Å²) in [6, 6.07) is 21.3. The van der Waals surface area contributed by atoms with Gasteiger partial charge in [0.15, 0.2) is 0 Å². The number of benzene rings is 3. The summed E-state index contributed by atoms with van der Waals surface area (Å²) in [6.45, 7) is 4.15. The predicted molar refractivity (Wildman–Crippen MR) is 117 cm³/mol. The van der Waals surface area contributed by atoms with Crippen molar-refractivity contribution in [1.82, 2.24) is 9.97 Å². The summed E-state index contributed by atoms with van der Waals surface area (Å²) >= 11 is 0. The normalized spacial score (nSPS) is 11.7. The van der Waals surface area contributed by atoms with E-state index in [0.29, 0.717) is 0 Å². The van der Waals surface area contributed by atoms with Gasteiger partial charge in [-0.25, -0.2) is 0 Å². The van der Waals surface area contributed by atoms with E-state index in [1.54, 1.807) is 6.07 Å². The van der Waals surface area contributed by atoms with Gasteiger partial charge in [-0.05, 0) is 43.2 Å². The fourth-order valence-corrected chi connectivity index (χ4v) is 4.57. The Balaban J connectivity index is 1.90. The topological polar surface area (TPSA) is 72.0 Å². The Morgan fingerprint density at radius 1 is 0.690 bits per heavy atom. The summed E-state index contributed by atoms with van der Waals surface area (Å²) in [5.41, 5.74) is 7.30. The van der Waals surface area contributed by atoms with Gasteiger partial charge in [-0.2, -0.15) is 0 Å². The molecule has 0 saturated carbocycles. The first-order chi connectivity index (χ1) is 14.0. The molecule has 4 heteroatoms. The average molecular weight is 382 g/mol. The Morgan fingerprint density at radius 3 is 1.72 bits per heavy atom. The van der Waals surface area contributed by atoms with E-state index in [9.17, 15) is 10.2 Å². The van der Waals surface area contributed by atoms with Crippen LogP contribution in [0, 0.1) is 13.8 Å². The number of phenolic OH excluding ortho intramolecular Hbond substituents is 2. The minimum atomic E-state index is -0.192. The lowest BCUT2D eigenvalue weighted by Crippen LogP contribution is -2.06. The van der Waals surface area contributed by atoms with Crippen LogP contribution in [0.25, 0.3) is 21.8 Å². The summed E-state index contributed by atoms with van der Waals surface area (Å²) < 4.78 is 0. The number of rotatable bonds is 3. The number of H-pyrrole nitrogens is 2. The third-order valence-electron chi connectivity index (χ3n) is 5.79.